The van der Waals surface area contributed by atoms with Gasteiger partial charge in [-0.3, -0.25) is 4.55 Å². The van der Waals surface area contributed by atoms with Gasteiger partial charge in [-0.1, -0.05) is 58.3 Å². The highest BCUT2D eigenvalue weighted by Crippen LogP contribution is 2.12. The fourth-order valence-corrected chi connectivity index (χ4v) is 2.70. The summed E-state index contributed by atoms with van der Waals surface area (Å²) in [5.74, 6) is -0.114. The molecule has 1 atom stereocenters. The van der Waals surface area contributed by atoms with Crippen LogP contribution in [0.3, 0.4) is 0 Å². The number of hydrogen-bond donors (Lipinski definition) is 2. The highest BCUT2D eigenvalue weighted by atomic mass is 32.2. The predicted molar refractivity (Wildman–Crippen MR) is 78.9 cm³/mol. The first-order valence-electron chi connectivity index (χ1n) is 7.59. The largest absolute Gasteiger partial charge is 0.393 e. The maximum atomic E-state index is 10.5. The highest BCUT2D eigenvalue weighted by Gasteiger charge is 2.04. The van der Waals surface area contributed by atoms with E-state index >= 15 is 0 Å². The smallest absolute Gasteiger partial charge is 0.264 e. The standard InChI is InChI=1S/C14H30O4S/c1-2-3-11-14(15)12-9-7-5-4-6-8-10-13-19(16,17)18/h14-15H,2-13H2,1H3,(H,16,17,18). The normalized spacial score (nSPS) is 13.6. The third-order valence-electron chi connectivity index (χ3n) is 3.33. The molecule has 0 aromatic carbocycles. The van der Waals surface area contributed by atoms with E-state index in [4.69, 9.17) is 4.55 Å². The minimum absolute atomic E-state index is 0.114. The molecule has 0 spiro atoms. The van der Waals surface area contributed by atoms with Gasteiger partial charge in [0.1, 0.15) is 0 Å². The second kappa shape index (κ2) is 11.7. The second-order valence-corrected chi connectivity index (χ2v) is 6.92. The van der Waals surface area contributed by atoms with Crippen molar-refractivity contribution in [3.05, 3.63) is 0 Å². The van der Waals surface area contributed by atoms with E-state index in [9.17, 15) is 13.5 Å². The number of aliphatic hydroxyl groups excluding tert-OH is 1. The van der Waals surface area contributed by atoms with Crippen LogP contribution in [0, 0.1) is 0 Å². The average molecular weight is 294 g/mol. The lowest BCUT2D eigenvalue weighted by Crippen LogP contribution is -2.05. The summed E-state index contributed by atoms with van der Waals surface area (Å²) < 4.78 is 29.5. The van der Waals surface area contributed by atoms with Crippen LogP contribution in [-0.4, -0.2) is 29.9 Å². The molecule has 0 aromatic rings. The Morgan fingerprint density at radius 2 is 1.32 bits per heavy atom. The Bertz CT molecular complexity index is 288. The molecule has 0 saturated heterocycles. The summed E-state index contributed by atoms with van der Waals surface area (Å²) in [4.78, 5) is 0. The van der Waals surface area contributed by atoms with Gasteiger partial charge in [-0.05, 0) is 19.3 Å². The molecule has 0 rings (SSSR count). The van der Waals surface area contributed by atoms with Crippen molar-refractivity contribution in [2.75, 3.05) is 5.75 Å². The summed E-state index contributed by atoms with van der Waals surface area (Å²) in [7, 11) is -3.77. The average Bonchev–Trinajstić information content (AvgIpc) is 2.33. The Labute approximate surface area is 118 Å². The zero-order chi connectivity index (χ0) is 14.6. The van der Waals surface area contributed by atoms with E-state index in [-0.39, 0.29) is 11.9 Å². The van der Waals surface area contributed by atoms with E-state index in [1.165, 1.54) is 0 Å². The summed E-state index contributed by atoms with van der Waals surface area (Å²) in [5.41, 5.74) is 0. The van der Waals surface area contributed by atoms with Gasteiger partial charge in [-0.15, -0.1) is 0 Å². The molecule has 0 amide bonds. The van der Waals surface area contributed by atoms with Gasteiger partial charge < -0.3 is 5.11 Å². The van der Waals surface area contributed by atoms with E-state index in [0.29, 0.717) is 6.42 Å². The number of hydrogen-bond acceptors (Lipinski definition) is 3. The van der Waals surface area contributed by atoms with Crippen molar-refractivity contribution in [2.45, 2.75) is 83.7 Å². The third-order valence-corrected chi connectivity index (χ3v) is 4.14. The van der Waals surface area contributed by atoms with Crippen molar-refractivity contribution in [2.24, 2.45) is 0 Å². The van der Waals surface area contributed by atoms with E-state index < -0.39 is 10.1 Å². The summed E-state index contributed by atoms with van der Waals surface area (Å²) in [6, 6.07) is 0. The number of rotatable bonds is 13. The molecule has 0 fully saturated rings. The Balaban J connectivity index is 3.19. The van der Waals surface area contributed by atoms with Gasteiger partial charge in [0.05, 0.1) is 11.9 Å². The molecule has 4 nitrogen and oxygen atoms in total. The van der Waals surface area contributed by atoms with Crippen LogP contribution in [-0.2, 0) is 10.1 Å². The molecular formula is C14H30O4S. The maximum Gasteiger partial charge on any atom is 0.264 e. The molecule has 5 heteroatoms. The van der Waals surface area contributed by atoms with E-state index in [0.717, 1.165) is 64.2 Å². The monoisotopic (exact) mass is 294 g/mol. The lowest BCUT2D eigenvalue weighted by Gasteiger charge is -2.09. The van der Waals surface area contributed by atoms with Gasteiger partial charge in [0.15, 0.2) is 0 Å². The summed E-state index contributed by atoms with van der Waals surface area (Å²) >= 11 is 0. The van der Waals surface area contributed by atoms with E-state index in [1.54, 1.807) is 0 Å². The fraction of sp³-hybridized carbons (Fsp3) is 1.00. The molecule has 0 bridgehead atoms. The topological polar surface area (TPSA) is 74.6 Å². The Kier molecular flexibility index (Phi) is 11.6. The zero-order valence-electron chi connectivity index (χ0n) is 12.2. The molecule has 0 radical (unpaired) electrons. The molecule has 0 aliphatic heterocycles. The molecule has 0 aromatic heterocycles. The van der Waals surface area contributed by atoms with E-state index in [2.05, 4.69) is 6.92 Å². The molecule has 116 valence electrons. The van der Waals surface area contributed by atoms with Gasteiger partial charge in [0, 0.05) is 0 Å². The van der Waals surface area contributed by atoms with E-state index in [1.807, 2.05) is 0 Å². The van der Waals surface area contributed by atoms with Crippen LogP contribution in [0.2, 0.25) is 0 Å². The quantitative estimate of drug-likeness (QED) is 0.402. The lowest BCUT2D eigenvalue weighted by molar-refractivity contribution is 0.148. The first kappa shape index (κ1) is 18.9. The minimum Gasteiger partial charge on any atom is -0.393 e. The predicted octanol–water partition coefficient (Wildman–Crippen LogP) is 3.55. The first-order chi connectivity index (χ1) is 8.95. The van der Waals surface area contributed by atoms with Crippen LogP contribution < -0.4 is 0 Å². The van der Waals surface area contributed by atoms with Crippen molar-refractivity contribution in [3.63, 3.8) is 0 Å². The molecule has 19 heavy (non-hydrogen) atoms. The van der Waals surface area contributed by atoms with Crippen LogP contribution in [0.4, 0.5) is 0 Å². The summed E-state index contributed by atoms with van der Waals surface area (Å²) in [6.07, 6.45) is 10.8. The Morgan fingerprint density at radius 3 is 1.84 bits per heavy atom. The van der Waals surface area contributed by atoms with Crippen molar-refractivity contribution in [1.82, 2.24) is 0 Å². The van der Waals surface area contributed by atoms with Crippen molar-refractivity contribution in [1.29, 1.82) is 0 Å². The Morgan fingerprint density at radius 1 is 0.842 bits per heavy atom. The highest BCUT2D eigenvalue weighted by molar-refractivity contribution is 7.85. The third kappa shape index (κ3) is 15.8. The SMILES string of the molecule is CCCCC(O)CCCCCCCCCS(=O)(=O)O. The van der Waals surface area contributed by atoms with Crippen LogP contribution in [0.15, 0.2) is 0 Å². The van der Waals surface area contributed by atoms with Gasteiger partial charge in [0.2, 0.25) is 0 Å². The molecule has 1 unspecified atom stereocenters. The molecule has 0 heterocycles. The minimum atomic E-state index is -3.77. The van der Waals surface area contributed by atoms with Crippen LogP contribution in [0.25, 0.3) is 0 Å². The van der Waals surface area contributed by atoms with Crippen LogP contribution >= 0.6 is 0 Å². The van der Waals surface area contributed by atoms with Gasteiger partial charge >= 0.3 is 0 Å². The molecule has 0 saturated carbocycles. The Hall–Kier alpha value is -0.130. The summed E-state index contributed by atoms with van der Waals surface area (Å²) in [5, 5.41) is 9.65. The van der Waals surface area contributed by atoms with Gasteiger partial charge in [0.25, 0.3) is 10.1 Å². The van der Waals surface area contributed by atoms with Crippen molar-refractivity contribution >= 4 is 10.1 Å². The fourth-order valence-electron chi connectivity index (χ4n) is 2.13. The molecular weight excluding hydrogens is 264 g/mol. The summed E-state index contributed by atoms with van der Waals surface area (Å²) in [6.45, 7) is 2.13. The number of unbranched alkanes of at least 4 members (excludes halogenated alkanes) is 7. The maximum absolute atomic E-state index is 10.5. The van der Waals surface area contributed by atoms with Crippen LogP contribution in [0.1, 0.15) is 77.6 Å². The molecule has 0 aliphatic carbocycles. The van der Waals surface area contributed by atoms with Crippen molar-refractivity contribution < 1.29 is 18.1 Å². The van der Waals surface area contributed by atoms with Gasteiger partial charge in [-0.2, -0.15) is 8.42 Å². The zero-order valence-corrected chi connectivity index (χ0v) is 13.0. The van der Waals surface area contributed by atoms with Crippen molar-refractivity contribution in [3.8, 4) is 0 Å². The first-order valence-corrected chi connectivity index (χ1v) is 9.20. The van der Waals surface area contributed by atoms with Gasteiger partial charge in [-0.25, -0.2) is 0 Å². The second-order valence-electron chi connectivity index (χ2n) is 5.35. The molecule has 2 N–H and O–H groups in total. The number of aliphatic hydroxyl groups is 1. The lowest BCUT2D eigenvalue weighted by atomic mass is 10.0. The molecule has 0 aliphatic rings. The van der Waals surface area contributed by atoms with Crippen LogP contribution in [0.5, 0.6) is 0 Å².